The third-order valence-corrected chi connectivity index (χ3v) is 7.92. The van der Waals surface area contributed by atoms with E-state index in [1.54, 1.807) is 6.08 Å². The van der Waals surface area contributed by atoms with Crippen molar-refractivity contribution in [3.8, 4) is 0 Å². The summed E-state index contributed by atoms with van der Waals surface area (Å²) in [4.78, 5) is 13.0. The molecular weight excluding hydrogens is 315 g/mol. The highest BCUT2D eigenvalue weighted by molar-refractivity contribution is 7.79. The van der Waals surface area contributed by atoms with Gasteiger partial charge in [-0.2, -0.15) is 0 Å². The predicted molar refractivity (Wildman–Crippen MR) is 103 cm³/mol. The van der Waals surface area contributed by atoms with Gasteiger partial charge in [-0.25, -0.2) is 0 Å². The highest BCUT2D eigenvalue weighted by atomic mass is 31.2. The average Bonchev–Trinajstić information content (AvgIpc) is 2.62. The molecule has 0 amide bonds. The smallest absolute Gasteiger partial charge is 0.150 e. The normalized spacial score (nSPS) is 13.3. The second-order valence-electron chi connectivity index (χ2n) is 6.74. The lowest BCUT2D eigenvalue weighted by atomic mass is 9.77. The Hall–Kier alpha value is -1.92. The minimum Gasteiger partial charge on any atom is -0.313 e. The fraction of sp³-hybridized carbons (Fsp3) is 0.286. The van der Waals surface area contributed by atoms with Gasteiger partial charge in [0, 0.05) is 16.0 Å². The molecule has 0 aliphatic carbocycles. The van der Waals surface area contributed by atoms with E-state index in [1.807, 2.05) is 81.4 Å². The maximum atomic E-state index is 13.9. The van der Waals surface area contributed by atoms with Crippen molar-refractivity contribution in [2.24, 2.45) is 11.3 Å². The highest BCUT2D eigenvalue weighted by Crippen LogP contribution is 2.45. The van der Waals surface area contributed by atoms with Gasteiger partial charge in [-0.15, -0.1) is 6.58 Å². The van der Waals surface area contributed by atoms with Crippen molar-refractivity contribution in [1.29, 1.82) is 0 Å². The maximum Gasteiger partial charge on any atom is 0.150 e. The molecule has 0 N–H and O–H groups in total. The largest absolute Gasteiger partial charge is 0.313 e. The number of carbonyl (C=O) groups is 1. The van der Waals surface area contributed by atoms with Crippen LogP contribution >= 0.6 is 7.14 Å². The van der Waals surface area contributed by atoms with Gasteiger partial charge in [0.25, 0.3) is 0 Å². The van der Waals surface area contributed by atoms with Gasteiger partial charge >= 0.3 is 0 Å². The lowest BCUT2D eigenvalue weighted by molar-refractivity contribution is -0.126. The molecule has 3 heteroatoms. The minimum absolute atomic E-state index is 0.00550. The van der Waals surface area contributed by atoms with Gasteiger partial charge in [0.05, 0.1) is 6.16 Å². The zero-order valence-corrected chi connectivity index (χ0v) is 15.5. The number of Topliss-reactive ketones (excluding diaryl/α,β-unsaturated/α-hetero) is 1. The summed E-state index contributed by atoms with van der Waals surface area (Å²) >= 11 is 0. The van der Waals surface area contributed by atoms with Gasteiger partial charge in [-0.3, -0.25) is 4.79 Å². The molecule has 0 fully saturated rings. The Bertz CT molecular complexity index is 704. The van der Waals surface area contributed by atoms with E-state index in [1.165, 1.54) is 0 Å². The number of rotatable bonds is 7. The SMILES string of the molecule is C=CC(C)C(C)(C)C(=O)CP(=O)(c1ccccc1)c1ccccc1. The summed E-state index contributed by atoms with van der Waals surface area (Å²) in [7, 11) is -3.01. The van der Waals surface area contributed by atoms with Crippen molar-refractivity contribution >= 4 is 23.5 Å². The topological polar surface area (TPSA) is 34.1 Å². The fourth-order valence-electron chi connectivity index (χ4n) is 2.62. The van der Waals surface area contributed by atoms with Crippen molar-refractivity contribution in [2.75, 3.05) is 6.16 Å². The second kappa shape index (κ2) is 7.32. The Morgan fingerprint density at radius 3 is 1.83 bits per heavy atom. The van der Waals surface area contributed by atoms with Gasteiger partial charge in [0.2, 0.25) is 0 Å². The first kappa shape index (κ1) is 18.4. The molecule has 0 aliphatic rings. The molecule has 0 radical (unpaired) electrons. The van der Waals surface area contributed by atoms with Crippen LogP contribution in [0.15, 0.2) is 73.3 Å². The number of benzene rings is 2. The molecule has 2 nitrogen and oxygen atoms in total. The predicted octanol–water partition coefficient (Wildman–Crippen LogP) is 4.42. The molecular formula is C21H25O2P. The standard InChI is InChI=1S/C21H25O2P/c1-5-17(2)21(3,4)20(22)16-24(23,18-12-8-6-9-13-18)19-14-10-7-11-15-19/h5-15,17H,1,16H2,2-4H3. The molecule has 0 saturated heterocycles. The Morgan fingerprint density at radius 2 is 1.46 bits per heavy atom. The van der Waals surface area contributed by atoms with Crippen LogP contribution in [0.25, 0.3) is 0 Å². The number of allylic oxidation sites excluding steroid dienone is 1. The molecule has 0 aromatic heterocycles. The molecule has 0 spiro atoms. The van der Waals surface area contributed by atoms with Gasteiger partial charge in [-0.1, -0.05) is 87.5 Å². The van der Waals surface area contributed by atoms with E-state index < -0.39 is 12.6 Å². The van der Waals surface area contributed by atoms with Crippen LogP contribution in [0.5, 0.6) is 0 Å². The highest BCUT2D eigenvalue weighted by Gasteiger charge is 2.38. The Kier molecular flexibility index (Phi) is 5.62. The first-order valence-corrected chi connectivity index (χ1v) is 10.1. The lowest BCUT2D eigenvalue weighted by Crippen LogP contribution is -2.35. The van der Waals surface area contributed by atoms with Crippen LogP contribution in [0, 0.1) is 11.3 Å². The van der Waals surface area contributed by atoms with E-state index in [9.17, 15) is 9.36 Å². The zero-order chi connectivity index (χ0) is 17.8. The first-order chi connectivity index (χ1) is 11.3. The Morgan fingerprint density at radius 1 is 1.04 bits per heavy atom. The second-order valence-corrected chi connectivity index (χ2v) is 9.57. The number of hydrogen-bond acceptors (Lipinski definition) is 2. The van der Waals surface area contributed by atoms with Crippen molar-refractivity contribution < 1.29 is 9.36 Å². The molecule has 1 unspecified atom stereocenters. The van der Waals surface area contributed by atoms with Crippen LogP contribution in [0.2, 0.25) is 0 Å². The zero-order valence-electron chi connectivity index (χ0n) is 14.6. The summed E-state index contributed by atoms with van der Waals surface area (Å²) in [6.07, 6.45) is 1.82. The summed E-state index contributed by atoms with van der Waals surface area (Å²) in [5.41, 5.74) is -0.596. The van der Waals surface area contributed by atoms with Crippen molar-refractivity contribution in [3.63, 3.8) is 0 Å². The van der Waals surface area contributed by atoms with E-state index >= 15 is 0 Å². The van der Waals surface area contributed by atoms with E-state index in [0.29, 0.717) is 0 Å². The Labute approximate surface area is 145 Å². The number of carbonyl (C=O) groups excluding carboxylic acids is 1. The van der Waals surface area contributed by atoms with Crippen LogP contribution in [0.3, 0.4) is 0 Å². The molecule has 126 valence electrons. The van der Waals surface area contributed by atoms with E-state index in [-0.39, 0.29) is 17.9 Å². The van der Waals surface area contributed by atoms with Gasteiger partial charge < -0.3 is 4.57 Å². The maximum absolute atomic E-state index is 13.9. The molecule has 2 aromatic carbocycles. The molecule has 2 rings (SSSR count). The van der Waals surface area contributed by atoms with Gasteiger partial charge in [0.1, 0.15) is 12.9 Å². The summed E-state index contributed by atoms with van der Waals surface area (Å²) in [5, 5.41) is 1.46. The third kappa shape index (κ3) is 3.60. The Balaban J connectivity index is 2.48. The molecule has 2 aromatic rings. The third-order valence-electron chi connectivity index (χ3n) is 4.92. The monoisotopic (exact) mass is 340 g/mol. The summed E-state index contributed by atoms with van der Waals surface area (Å²) in [5.74, 6) is 0.0240. The average molecular weight is 340 g/mol. The van der Waals surface area contributed by atoms with Gasteiger partial charge in [0.15, 0.2) is 0 Å². The molecule has 0 bridgehead atoms. The summed E-state index contributed by atoms with van der Waals surface area (Å²) in [6, 6.07) is 18.7. The van der Waals surface area contributed by atoms with Crippen molar-refractivity contribution in [3.05, 3.63) is 73.3 Å². The van der Waals surface area contributed by atoms with E-state index in [0.717, 1.165) is 10.6 Å². The number of ketones is 1. The lowest BCUT2D eigenvalue weighted by Gasteiger charge is -2.30. The van der Waals surface area contributed by atoms with E-state index in [4.69, 9.17) is 0 Å². The summed E-state index contributed by atoms with van der Waals surface area (Å²) in [6.45, 7) is 9.58. The number of hydrogen-bond donors (Lipinski definition) is 0. The first-order valence-electron chi connectivity index (χ1n) is 8.18. The quantitative estimate of drug-likeness (QED) is 0.552. The van der Waals surface area contributed by atoms with Crippen LogP contribution in [0.1, 0.15) is 20.8 Å². The minimum atomic E-state index is -3.01. The van der Waals surface area contributed by atoms with Crippen molar-refractivity contribution in [1.82, 2.24) is 0 Å². The van der Waals surface area contributed by atoms with Crippen LogP contribution in [0.4, 0.5) is 0 Å². The van der Waals surface area contributed by atoms with Crippen LogP contribution in [-0.2, 0) is 9.36 Å². The molecule has 1 atom stereocenters. The van der Waals surface area contributed by atoms with Crippen LogP contribution < -0.4 is 10.6 Å². The van der Waals surface area contributed by atoms with E-state index in [2.05, 4.69) is 6.58 Å². The molecule has 24 heavy (non-hydrogen) atoms. The molecule has 0 saturated carbocycles. The van der Waals surface area contributed by atoms with Gasteiger partial charge in [-0.05, 0) is 5.92 Å². The molecule has 0 heterocycles. The summed E-state index contributed by atoms with van der Waals surface area (Å²) < 4.78 is 13.9. The fourth-order valence-corrected chi connectivity index (χ4v) is 5.41. The van der Waals surface area contributed by atoms with Crippen molar-refractivity contribution in [2.45, 2.75) is 20.8 Å². The van der Waals surface area contributed by atoms with Crippen LogP contribution in [-0.4, -0.2) is 11.9 Å². The molecule has 0 aliphatic heterocycles.